The van der Waals surface area contributed by atoms with Gasteiger partial charge in [0.25, 0.3) is 0 Å². The van der Waals surface area contributed by atoms with E-state index < -0.39 is 12.2 Å². The quantitative estimate of drug-likeness (QED) is 0.426. The Balaban J connectivity index is 1.14. The van der Waals surface area contributed by atoms with E-state index in [4.69, 9.17) is 9.47 Å². The molecule has 2 saturated heterocycles. The van der Waals surface area contributed by atoms with Crippen molar-refractivity contribution < 1.29 is 24.2 Å². The maximum Gasteiger partial charge on any atom is 0.412 e. The minimum absolute atomic E-state index is 0.000929. The molecule has 9 nitrogen and oxygen atoms in total. The molecule has 3 unspecified atom stereocenters. The summed E-state index contributed by atoms with van der Waals surface area (Å²) >= 11 is 0. The van der Waals surface area contributed by atoms with Crippen molar-refractivity contribution in [3.8, 4) is 11.5 Å². The molecule has 1 spiro atoms. The first kappa shape index (κ1) is 27.5. The van der Waals surface area contributed by atoms with Crippen LogP contribution in [0.1, 0.15) is 63.5 Å². The third-order valence-electron chi connectivity index (χ3n) is 9.79. The van der Waals surface area contributed by atoms with Gasteiger partial charge in [-0.2, -0.15) is 0 Å². The highest BCUT2D eigenvalue weighted by molar-refractivity contribution is 5.76. The summed E-state index contributed by atoms with van der Waals surface area (Å²) < 4.78 is 12.3. The number of hydrogen-bond acceptors (Lipinski definition) is 7. The van der Waals surface area contributed by atoms with Gasteiger partial charge in [0.1, 0.15) is 12.2 Å². The third-order valence-corrected chi connectivity index (χ3v) is 9.79. The number of aliphatic hydroxyl groups excluding tert-OH is 1. The minimum Gasteiger partial charge on any atom is -0.482 e. The maximum absolute atomic E-state index is 13.0. The van der Waals surface area contributed by atoms with Crippen molar-refractivity contribution in [3.05, 3.63) is 35.4 Å². The van der Waals surface area contributed by atoms with Crippen LogP contribution in [0.15, 0.2) is 24.3 Å². The lowest BCUT2D eigenvalue weighted by Gasteiger charge is -2.56. The fraction of sp³-hybridized carbons (Fsp3) is 0.677. The molecule has 2 fully saturated rings. The van der Waals surface area contributed by atoms with Crippen LogP contribution in [0.2, 0.25) is 0 Å². The number of aliphatic hydroxyl groups is 1. The monoisotopic (exact) mass is 552 g/mol. The van der Waals surface area contributed by atoms with E-state index in [0.29, 0.717) is 36.4 Å². The topological polar surface area (TPSA) is 103 Å². The standard InChI is InChI=1S/C31H44N4O5/c1-19(2)15-20(16-26(37)33-35-12-5-4-6-13-35)18-32-30(38)39-25-10-7-21-17-23-22-8-9-24(36)29-31(22,11-14-34(23)3)27(21)28(25)40-29/h7-10,19-20,22-24,29,36H,4-6,11-18H2,1-3H3,(H,32,38)(H,33,37)/t20?,22?,23?,24-,29-,31-/m0/s1. The second-order valence-electron chi connectivity index (χ2n) is 13.0. The molecule has 5 aliphatic rings. The van der Waals surface area contributed by atoms with E-state index >= 15 is 0 Å². The normalized spacial score (nSPS) is 31.3. The number of amides is 2. The van der Waals surface area contributed by atoms with Gasteiger partial charge in [-0.3, -0.25) is 10.2 Å². The van der Waals surface area contributed by atoms with Gasteiger partial charge in [-0.1, -0.05) is 38.5 Å². The molecule has 218 valence electrons. The molecule has 0 aromatic heterocycles. The first-order valence-corrected chi connectivity index (χ1v) is 15.2. The van der Waals surface area contributed by atoms with Crippen molar-refractivity contribution in [2.75, 3.05) is 33.2 Å². The smallest absolute Gasteiger partial charge is 0.412 e. The number of benzene rings is 1. The highest BCUT2D eigenvalue weighted by atomic mass is 16.6. The molecule has 9 heteroatoms. The predicted molar refractivity (Wildman–Crippen MR) is 151 cm³/mol. The van der Waals surface area contributed by atoms with E-state index in [-0.39, 0.29) is 29.3 Å². The molecule has 6 rings (SSSR count). The van der Waals surface area contributed by atoms with Crippen molar-refractivity contribution in [2.24, 2.45) is 17.8 Å². The molecular weight excluding hydrogens is 508 g/mol. The zero-order valence-corrected chi connectivity index (χ0v) is 24.0. The summed E-state index contributed by atoms with van der Waals surface area (Å²) in [7, 11) is 2.18. The van der Waals surface area contributed by atoms with Crippen LogP contribution >= 0.6 is 0 Å². The van der Waals surface area contributed by atoms with Crippen molar-refractivity contribution in [3.63, 3.8) is 0 Å². The average molecular weight is 553 g/mol. The molecule has 0 saturated carbocycles. The molecule has 1 aromatic rings. The Morgan fingerprint density at radius 3 is 2.75 bits per heavy atom. The predicted octanol–water partition coefficient (Wildman–Crippen LogP) is 3.15. The SMILES string of the molecule is CC(C)CC(CNC(=O)Oc1ccc2c3c1O[C@H]1[C@@H](O)C=CC4C(C2)N(C)CC[C@@]341)CC(=O)NN1CCCCC1. The first-order valence-electron chi connectivity index (χ1n) is 15.2. The van der Waals surface area contributed by atoms with Crippen LogP contribution in [0.25, 0.3) is 0 Å². The van der Waals surface area contributed by atoms with Gasteiger partial charge in [0.15, 0.2) is 11.5 Å². The molecular formula is C31H44N4O5. The summed E-state index contributed by atoms with van der Waals surface area (Å²) in [6, 6.07) is 4.26. The van der Waals surface area contributed by atoms with E-state index in [0.717, 1.165) is 57.3 Å². The molecule has 2 amide bonds. The van der Waals surface area contributed by atoms with Gasteiger partial charge in [0.05, 0.1) is 0 Å². The molecule has 2 bridgehead atoms. The Kier molecular flexibility index (Phi) is 7.57. The highest BCUT2D eigenvalue weighted by Gasteiger charge is 2.64. The fourth-order valence-electron chi connectivity index (χ4n) is 8.07. The summed E-state index contributed by atoms with van der Waals surface area (Å²) in [4.78, 5) is 28.2. The van der Waals surface area contributed by atoms with Crippen LogP contribution in [-0.2, 0) is 16.6 Å². The van der Waals surface area contributed by atoms with Crippen LogP contribution in [0.5, 0.6) is 11.5 Å². The summed E-state index contributed by atoms with van der Waals surface area (Å²) in [6.45, 7) is 7.34. The molecule has 3 N–H and O–H groups in total. The van der Waals surface area contributed by atoms with Gasteiger partial charge in [0, 0.05) is 49.0 Å². The van der Waals surface area contributed by atoms with Crippen molar-refractivity contribution in [1.82, 2.24) is 20.7 Å². The minimum atomic E-state index is -0.701. The van der Waals surface area contributed by atoms with Gasteiger partial charge in [0.2, 0.25) is 5.91 Å². The van der Waals surface area contributed by atoms with Crippen LogP contribution in [-0.4, -0.2) is 78.5 Å². The van der Waals surface area contributed by atoms with Crippen molar-refractivity contribution in [1.29, 1.82) is 0 Å². The number of nitrogens with one attached hydrogen (secondary N) is 2. The highest BCUT2D eigenvalue weighted by Crippen LogP contribution is 2.62. The molecule has 2 aliphatic carbocycles. The Bertz CT molecular complexity index is 1160. The Morgan fingerprint density at radius 1 is 1.18 bits per heavy atom. The second kappa shape index (κ2) is 11.0. The zero-order valence-electron chi connectivity index (χ0n) is 24.0. The number of piperidine rings is 2. The average Bonchev–Trinajstić information content (AvgIpc) is 3.28. The largest absolute Gasteiger partial charge is 0.482 e. The molecule has 6 atom stereocenters. The zero-order chi connectivity index (χ0) is 28.0. The number of carbonyl (C=O) groups is 2. The fourth-order valence-corrected chi connectivity index (χ4v) is 8.07. The lowest BCUT2D eigenvalue weighted by Crippen LogP contribution is -2.64. The number of ether oxygens (including phenoxy) is 2. The van der Waals surface area contributed by atoms with Crippen LogP contribution < -0.4 is 20.2 Å². The number of likely N-dealkylation sites (tertiary alicyclic amines) is 1. The molecule has 3 heterocycles. The van der Waals surface area contributed by atoms with Gasteiger partial charge < -0.3 is 24.8 Å². The third kappa shape index (κ3) is 4.90. The van der Waals surface area contributed by atoms with Gasteiger partial charge in [-0.15, -0.1) is 0 Å². The number of hydrogen-bond donors (Lipinski definition) is 3. The van der Waals surface area contributed by atoms with Crippen molar-refractivity contribution in [2.45, 2.75) is 82.5 Å². The Labute approximate surface area is 237 Å². The lowest BCUT2D eigenvalue weighted by molar-refractivity contribution is -0.127. The van der Waals surface area contributed by atoms with Gasteiger partial charge in [-0.05, 0) is 69.2 Å². The molecule has 0 radical (unpaired) electrons. The maximum atomic E-state index is 13.0. The van der Waals surface area contributed by atoms with E-state index in [9.17, 15) is 14.7 Å². The van der Waals surface area contributed by atoms with E-state index in [1.807, 2.05) is 17.2 Å². The van der Waals surface area contributed by atoms with Crippen molar-refractivity contribution >= 4 is 12.0 Å². The van der Waals surface area contributed by atoms with Crippen LogP contribution in [0, 0.1) is 17.8 Å². The molecule has 3 aliphatic heterocycles. The van der Waals surface area contributed by atoms with E-state index in [1.54, 1.807) is 0 Å². The molecule has 1 aromatic carbocycles. The summed E-state index contributed by atoms with van der Waals surface area (Å²) in [5.74, 6) is 1.66. The van der Waals surface area contributed by atoms with Crippen LogP contribution in [0.3, 0.4) is 0 Å². The Morgan fingerprint density at radius 2 is 1.98 bits per heavy atom. The number of rotatable bonds is 8. The summed E-state index contributed by atoms with van der Waals surface area (Å²) in [6.07, 6.45) is 8.82. The Hall–Kier alpha value is -2.62. The number of hydrazine groups is 1. The number of nitrogens with zero attached hydrogens (tertiary/aromatic N) is 2. The van der Waals surface area contributed by atoms with E-state index in [1.165, 1.54) is 12.0 Å². The number of carbonyl (C=O) groups excluding carboxylic acids is 2. The van der Waals surface area contributed by atoms with Gasteiger partial charge >= 0.3 is 6.09 Å². The second-order valence-corrected chi connectivity index (χ2v) is 13.0. The molecule has 40 heavy (non-hydrogen) atoms. The summed E-state index contributed by atoms with van der Waals surface area (Å²) in [5, 5.41) is 15.9. The van der Waals surface area contributed by atoms with E-state index in [2.05, 4.69) is 48.7 Å². The van der Waals surface area contributed by atoms with Gasteiger partial charge in [-0.25, -0.2) is 9.80 Å². The first-order chi connectivity index (χ1) is 19.3. The lowest BCUT2D eigenvalue weighted by atomic mass is 9.53. The number of likely N-dealkylation sites (N-methyl/N-ethyl adjacent to an activating group) is 1. The summed E-state index contributed by atoms with van der Waals surface area (Å²) in [5.41, 5.74) is 5.09. The van der Waals surface area contributed by atoms with Crippen LogP contribution in [0.4, 0.5) is 4.79 Å².